The van der Waals surface area contributed by atoms with Gasteiger partial charge in [-0.1, -0.05) is 17.7 Å². The molecule has 1 aromatic carbocycles. The summed E-state index contributed by atoms with van der Waals surface area (Å²) in [4.78, 5) is 24.7. The van der Waals surface area contributed by atoms with Crippen LogP contribution in [0.3, 0.4) is 0 Å². The minimum Gasteiger partial charge on any atom is -0.479 e. The van der Waals surface area contributed by atoms with E-state index < -0.39 is 12.1 Å². The Labute approximate surface area is 115 Å². The normalized spacial score (nSPS) is 19.3. The van der Waals surface area contributed by atoms with Crippen LogP contribution in [0.1, 0.15) is 15.9 Å². The molecule has 1 saturated heterocycles. The van der Waals surface area contributed by atoms with Gasteiger partial charge in [-0.05, 0) is 24.6 Å². The second kappa shape index (κ2) is 5.59. The largest absolute Gasteiger partial charge is 0.479 e. The molecule has 1 amide bonds. The van der Waals surface area contributed by atoms with Crippen LogP contribution >= 0.6 is 11.6 Å². The molecule has 1 heterocycles. The fraction of sp³-hybridized carbons (Fsp3) is 0.385. The van der Waals surface area contributed by atoms with Gasteiger partial charge in [0.2, 0.25) is 0 Å². The number of nitrogens with zero attached hydrogens (tertiary/aromatic N) is 1. The second-order valence-electron chi connectivity index (χ2n) is 4.36. The third-order valence-corrected chi connectivity index (χ3v) is 3.54. The Hall–Kier alpha value is -1.59. The summed E-state index contributed by atoms with van der Waals surface area (Å²) in [5.41, 5.74) is 1.20. The Morgan fingerprint density at radius 3 is 2.89 bits per heavy atom. The average molecular weight is 284 g/mol. The van der Waals surface area contributed by atoms with Crippen molar-refractivity contribution in [3.05, 3.63) is 34.3 Å². The number of morpholine rings is 1. The number of carbonyl (C=O) groups is 2. The molecule has 5 nitrogen and oxygen atoms in total. The van der Waals surface area contributed by atoms with E-state index in [2.05, 4.69) is 0 Å². The number of aliphatic carboxylic acids is 1. The zero-order chi connectivity index (χ0) is 14.0. The van der Waals surface area contributed by atoms with E-state index in [0.29, 0.717) is 22.7 Å². The van der Waals surface area contributed by atoms with Gasteiger partial charge in [-0.25, -0.2) is 4.79 Å². The molecule has 1 aliphatic rings. The Kier molecular flexibility index (Phi) is 4.07. The van der Waals surface area contributed by atoms with Crippen molar-refractivity contribution in [3.8, 4) is 0 Å². The van der Waals surface area contributed by atoms with Crippen LogP contribution in [0.15, 0.2) is 18.2 Å². The fourth-order valence-electron chi connectivity index (χ4n) is 1.99. The molecule has 1 fully saturated rings. The first-order valence-corrected chi connectivity index (χ1v) is 6.27. The van der Waals surface area contributed by atoms with Crippen molar-refractivity contribution in [2.24, 2.45) is 0 Å². The Bertz CT molecular complexity index is 517. The van der Waals surface area contributed by atoms with Gasteiger partial charge < -0.3 is 14.7 Å². The van der Waals surface area contributed by atoms with Gasteiger partial charge in [0.05, 0.1) is 13.2 Å². The highest BCUT2D eigenvalue weighted by Crippen LogP contribution is 2.21. The number of amides is 1. The van der Waals surface area contributed by atoms with Crippen molar-refractivity contribution in [1.82, 2.24) is 4.90 Å². The summed E-state index contributed by atoms with van der Waals surface area (Å²) in [6, 6.07) is 5.11. The van der Waals surface area contributed by atoms with Crippen molar-refractivity contribution < 1.29 is 19.4 Å². The van der Waals surface area contributed by atoms with E-state index in [1.165, 1.54) is 4.90 Å². The van der Waals surface area contributed by atoms with Gasteiger partial charge in [0.15, 0.2) is 6.10 Å². The highest BCUT2D eigenvalue weighted by atomic mass is 35.5. The Balaban J connectivity index is 2.19. The van der Waals surface area contributed by atoms with Crippen molar-refractivity contribution >= 4 is 23.5 Å². The lowest BCUT2D eigenvalue weighted by Crippen LogP contribution is -2.48. The van der Waals surface area contributed by atoms with Gasteiger partial charge in [-0.15, -0.1) is 0 Å². The standard InChI is InChI=1S/C13H14ClNO4/c1-8-9(3-2-4-10(8)14)12(16)15-5-6-19-11(7-15)13(17)18/h2-4,11H,5-7H2,1H3,(H,17,18). The molecule has 1 unspecified atom stereocenters. The number of carboxylic acid groups (broad SMARTS) is 1. The van der Waals surface area contributed by atoms with Crippen LogP contribution in [0.25, 0.3) is 0 Å². The molecule has 0 spiro atoms. The lowest BCUT2D eigenvalue weighted by atomic mass is 10.1. The maximum atomic E-state index is 12.4. The van der Waals surface area contributed by atoms with Crippen molar-refractivity contribution in [2.45, 2.75) is 13.0 Å². The molecule has 0 saturated carbocycles. The van der Waals surface area contributed by atoms with E-state index in [-0.39, 0.29) is 19.1 Å². The number of hydrogen-bond acceptors (Lipinski definition) is 3. The summed E-state index contributed by atoms with van der Waals surface area (Å²) in [7, 11) is 0. The number of rotatable bonds is 2. The van der Waals surface area contributed by atoms with Crippen LogP contribution in [0, 0.1) is 6.92 Å². The van der Waals surface area contributed by atoms with Crippen LogP contribution in [0.4, 0.5) is 0 Å². The Morgan fingerprint density at radius 2 is 2.21 bits per heavy atom. The highest BCUT2D eigenvalue weighted by Gasteiger charge is 2.30. The fourth-order valence-corrected chi connectivity index (χ4v) is 2.17. The maximum Gasteiger partial charge on any atom is 0.334 e. The first kappa shape index (κ1) is 13.8. The summed E-state index contributed by atoms with van der Waals surface area (Å²) in [6.07, 6.45) is -0.961. The zero-order valence-electron chi connectivity index (χ0n) is 10.4. The number of ether oxygens (including phenoxy) is 1. The number of carbonyl (C=O) groups excluding carboxylic acids is 1. The van der Waals surface area contributed by atoms with Crippen molar-refractivity contribution in [2.75, 3.05) is 19.7 Å². The molecule has 0 bridgehead atoms. The molecule has 1 N–H and O–H groups in total. The summed E-state index contributed by atoms with van der Waals surface area (Å²) < 4.78 is 5.09. The Morgan fingerprint density at radius 1 is 1.47 bits per heavy atom. The maximum absolute atomic E-state index is 12.4. The molecule has 0 aliphatic carbocycles. The number of hydrogen-bond donors (Lipinski definition) is 1. The molecule has 2 rings (SSSR count). The van der Waals surface area contributed by atoms with E-state index >= 15 is 0 Å². The molecule has 1 aromatic rings. The minimum atomic E-state index is -1.06. The van der Waals surface area contributed by atoms with E-state index in [4.69, 9.17) is 21.4 Å². The van der Waals surface area contributed by atoms with E-state index in [0.717, 1.165) is 0 Å². The first-order chi connectivity index (χ1) is 9.00. The van der Waals surface area contributed by atoms with Gasteiger partial charge in [0.1, 0.15) is 0 Å². The highest BCUT2D eigenvalue weighted by molar-refractivity contribution is 6.31. The van der Waals surface area contributed by atoms with Gasteiger partial charge in [-0.3, -0.25) is 4.79 Å². The average Bonchev–Trinajstić information content (AvgIpc) is 2.41. The van der Waals surface area contributed by atoms with Gasteiger partial charge in [-0.2, -0.15) is 0 Å². The number of halogens is 1. The quantitative estimate of drug-likeness (QED) is 0.895. The van der Waals surface area contributed by atoms with Crippen molar-refractivity contribution in [3.63, 3.8) is 0 Å². The van der Waals surface area contributed by atoms with Gasteiger partial charge in [0.25, 0.3) is 5.91 Å². The monoisotopic (exact) mass is 283 g/mol. The summed E-state index contributed by atoms with van der Waals surface area (Å²) >= 11 is 5.99. The second-order valence-corrected chi connectivity index (χ2v) is 4.77. The van der Waals surface area contributed by atoms with Gasteiger partial charge in [0, 0.05) is 17.1 Å². The lowest BCUT2D eigenvalue weighted by molar-refractivity contribution is -0.154. The molecule has 0 aromatic heterocycles. The lowest BCUT2D eigenvalue weighted by Gasteiger charge is -2.31. The van der Waals surface area contributed by atoms with Crippen LogP contribution < -0.4 is 0 Å². The third-order valence-electron chi connectivity index (χ3n) is 3.13. The van der Waals surface area contributed by atoms with E-state index in [1.54, 1.807) is 25.1 Å². The molecule has 0 radical (unpaired) electrons. The number of carboxylic acids is 1. The van der Waals surface area contributed by atoms with Crippen LogP contribution in [-0.4, -0.2) is 47.7 Å². The van der Waals surface area contributed by atoms with E-state index in [1.807, 2.05) is 0 Å². The molecular formula is C13H14ClNO4. The zero-order valence-corrected chi connectivity index (χ0v) is 11.2. The minimum absolute atomic E-state index is 0.0557. The molecule has 102 valence electrons. The summed E-state index contributed by atoms with van der Waals surface area (Å²) in [5.74, 6) is -1.27. The number of benzene rings is 1. The molecule has 6 heteroatoms. The predicted octanol–water partition coefficient (Wildman–Crippen LogP) is 1.57. The molecular weight excluding hydrogens is 270 g/mol. The predicted molar refractivity (Wildman–Crippen MR) is 69.5 cm³/mol. The molecule has 1 aliphatic heterocycles. The van der Waals surface area contributed by atoms with Crippen LogP contribution in [0.5, 0.6) is 0 Å². The topological polar surface area (TPSA) is 66.8 Å². The van der Waals surface area contributed by atoms with Crippen LogP contribution in [0.2, 0.25) is 5.02 Å². The molecule has 1 atom stereocenters. The summed E-state index contributed by atoms with van der Waals surface area (Å²) in [5, 5.41) is 9.45. The van der Waals surface area contributed by atoms with E-state index in [9.17, 15) is 9.59 Å². The smallest absolute Gasteiger partial charge is 0.334 e. The van der Waals surface area contributed by atoms with Gasteiger partial charge >= 0.3 is 5.97 Å². The van der Waals surface area contributed by atoms with Crippen molar-refractivity contribution in [1.29, 1.82) is 0 Å². The first-order valence-electron chi connectivity index (χ1n) is 5.89. The summed E-state index contributed by atoms with van der Waals surface area (Å²) in [6.45, 7) is 2.43. The third kappa shape index (κ3) is 2.88. The van der Waals surface area contributed by atoms with Crippen LogP contribution in [-0.2, 0) is 9.53 Å². The SMILES string of the molecule is Cc1c(Cl)cccc1C(=O)N1CCOC(C(=O)O)C1. The molecule has 19 heavy (non-hydrogen) atoms.